The molecule has 0 saturated carbocycles. The Hall–Kier alpha value is -1.01. The topological polar surface area (TPSA) is 59.1 Å². The molecule has 12 heavy (non-hydrogen) atoms. The molecule has 0 unspecified atom stereocenters. The normalized spacial score (nSPS) is 11.5. The van der Waals surface area contributed by atoms with Crippen LogP contribution < -0.4 is 4.72 Å². The molecule has 1 heterocycles. The molecule has 1 aromatic rings. The minimum atomic E-state index is -3.57. The molecule has 0 aromatic carbocycles. The summed E-state index contributed by atoms with van der Waals surface area (Å²) < 4.78 is 36.6. The fraction of sp³-hybridized carbons (Fsp3) is 0.167. The van der Waals surface area contributed by atoms with E-state index in [0.29, 0.717) is 0 Å². The zero-order valence-electron chi connectivity index (χ0n) is 6.28. The molecule has 1 N–H and O–H groups in total. The first-order valence-corrected chi connectivity index (χ1v) is 4.58. The molecule has 1 aromatic heterocycles. The van der Waals surface area contributed by atoms with Crippen LogP contribution in [0.3, 0.4) is 0 Å². The molecule has 0 aliphatic carbocycles. The first-order chi connectivity index (χ1) is 5.56. The Bertz CT molecular complexity index is 377. The summed E-state index contributed by atoms with van der Waals surface area (Å²) in [5.41, 5.74) is 0. The lowest BCUT2D eigenvalue weighted by atomic mass is 10.5. The number of sulfonamides is 1. The second-order valence-corrected chi connectivity index (χ2v) is 3.93. The van der Waals surface area contributed by atoms with Crippen molar-refractivity contribution in [3.8, 4) is 0 Å². The van der Waals surface area contributed by atoms with Gasteiger partial charge in [-0.25, -0.2) is 17.5 Å². The number of nitrogens with zero attached hydrogens (tertiary/aromatic N) is 1. The van der Waals surface area contributed by atoms with Crippen molar-refractivity contribution >= 4 is 10.0 Å². The van der Waals surface area contributed by atoms with E-state index in [9.17, 15) is 12.8 Å². The SMILES string of the molecule is CNS(=O)(=O)c1cncc(F)c1. The molecule has 0 atom stereocenters. The number of hydrogen-bond acceptors (Lipinski definition) is 3. The molecule has 6 heteroatoms. The van der Waals surface area contributed by atoms with Gasteiger partial charge in [0.05, 0.1) is 6.20 Å². The Kier molecular flexibility index (Phi) is 2.39. The van der Waals surface area contributed by atoms with Gasteiger partial charge in [0.1, 0.15) is 10.7 Å². The summed E-state index contributed by atoms with van der Waals surface area (Å²) in [4.78, 5) is 3.23. The molecule has 0 fully saturated rings. The highest BCUT2D eigenvalue weighted by Crippen LogP contribution is 2.06. The van der Waals surface area contributed by atoms with Crippen LogP contribution in [0.5, 0.6) is 0 Å². The summed E-state index contributed by atoms with van der Waals surface area (Å²) in [6, 6.07) is 0.902. The zero-order chi connectivity index (χ0) is 9.19. The van der Waals surface area contributed by atoms with Gasteiger partial charge < -0.3 is 0 Å². The molecule has 1 rings (SSSR count). The van der Waals surface area contributed by atoms with E-state index in [0.717, 1.165) is 18.5 Å². The standard InChI is InChI=1S/C6H7FN2O2S/c1-8-12(10,11)6-2-5(7)3-9-4-6/h2-4,8H,1H3. The van der Waals surface area contributed by atoms with Crippen LogP contribution in [0.1, 0.15) is 0 Å². The molecule has 0 saturated heterocycles. The summed E-state index contributed by atoms with van der Waals surface area (Å²) in [7, 11) is -2.32. The van der Waals surface area contributed by atoms with Gasteiger partial charge >= 0.3 is 0 Å². The lowest BCUT2D eigenvalue weighted by molar-refractivity contribution is 0.581. The van der Waals surface area contributed by atoms with Gasteiger partial charge in [0, 0.05) is 6.20 Å². The van der Waals surface area contributed by atoms with Gasteiger partial charge in [-0.1, -0.05) is 0 Å². The average molecular weight is 190 g/mol. The van der Waals surface area contributed by atoms with Crippen molar-refractivity contribution in [2.24, 2.45) is 0 Å². The van der Waals surface area contributed by atoms with Crippen LogP contribution in [-0.4, -0.2) is 20.4 Å². The molecule has 0 aliphatic heterocycles. The van der Waals surface area contributed by atoms with E-state index < -0.39 is 15.8 Å². The van der Waals surface area contributed by atoms with Crippen LogP contribution in [0.4, 0.5) is 4.39 Å². The van der Waals surface area contributed by atoms with E-state index in [-0.39, 0.29) is 4.90 Å². The van der Waals surface area contributed by atoms with E-state index in [1.54, 1.807) is 0 Å². The van der Waals surface area contributed by atoms with Crippen molar-refractivity contribution in [2.45, 2.75) is 4.90 Å². The molecule has 0 aliphatic rings. The quantitative estimate of drug-likeness (QED) is 0.721. The maximum absolute atomic E-state index is 12.5. The van der Waals surface area contributed by atoms with Crippen LogP contribution in [0.15, 0.2) is 23.4 Å². The first-order valence-electron chi connectivity index (χ1n) is 3.10. The van der Waals surface area contributed by atoms with Crippen molar-refractivity contribution < 1.29 is 12.8 Å². The molecule has 0 bridgehead atoms. The van der Waals surface area contributed by atoms with Crippen molar-refractivity contribution in [3.05, 3.63) is 24.3 Å². The third-order valence-corrected chi connectivity index (χ3v) is 2.64. The molecule has 0 spiro atoms. The van der Waals surface area contributed by atoms with Gasteiger partial charge in [-0.3, -0.25) is 4.98 Å². The summed E-state index contributed by atoms with van der Waals surface area (Å²) in [6.07, 6.45) is 2.02. The average Bonchev–Trinajstić information content (AvgIpc) is 2.05. The van der Waals surface area contributed by atoms with Crippen LogP contribution in [0.25, 0.3) is 0 Å². The largest absolute Gasteiger partial charge is 0.260 e. The van der Waals surface area contributed by atoms with Crippen LogP contribution in [0, 0.1) is 5.82 Å². The fourth-order valence-electron chi connectivity index (χ4n) is 0.657. The lowest BCUT2D eigenvalue weighted by Crippen LogP contribution is -2.18. The Labute approximate surface area is 69.5 Å². The molecule has 0 amide bonds. The number of hydrogen-bond donors (Lipinski definition) is 1. The summed E-state index contributed by atoms with van der Waals surface area (Å²) in [5, 5.41) is 0. The monoisotopic (exact) mass is 190 g/mol. The molecule has 0 radical (unpaired) electrons. The van der Waals surface area contributed by atoms with Gasteiger partial charge in [0.25, 0.3) is 0 Å². The minimum absolute atomic E-state index is 0.176. The molecule has 4 nitrogen and oxygen atoms in total. The fourth-order valence-corrected chi connectivity index (χ4v) is 1.36. The third kappa shape index (κ3) is 1.77. The van der Waals surface area contributed by atoms with E-state index in [1.807, 2.05) is 0 Å². The van der Waals surface area contributed by atoms with Gasteiger partial charge in [-0.05, 0) is 13.1 Å². The highest BCUT2D eigenvalue weighted by atomic mass is 32.2. The number of nitrogens with one attached hydrogen (secondary N) is 1. The predicted octanol–water partition coefficient (Wildman–Crippen LogP) is 0.129. The Morgan fingerprint density at radius 3 is 2.67 bits per heavy atom. The Morgan fingerprint density at radius 1 is 1.50 bits per heavy atom. The van der Waals surface area contributed by atoms with Crippen molar-refractivity contribution in [1.29, 1.82) is 0 Å². The smallest absolute Gasteiger partial charge is 0.241 e. The second-order valence-electron chi connectivity index (χ2n) is 2.05. The van der Waals surface area contributed by atoms with E-state index in [4.69, 9.17) is 0 Å². The maximum atomic E-state index is 12.5. The molecular formula is C6H7FN2O2S. The van der Waals surface area contributed by atoms with Gasteiger partial charge in [0.2, 0.25) is 10.0 Å². The Balaban J connectivity index is 3.21. The van der Waals surface area contributed by atoms with Crippen molar-refractivity contribution in [2.75, 3.05) is 7.05 Å². The van der Waals surface area contributed by atoms with Gasteiger partial charge in [-0.2, -0.15) is 0 Å². The van der Waals surface area contributed by atoms with E-state index >= 15 is 0 Å². The van der Waals surface area contributed by atoms with Crippen molar-refractivity contribution in [3.63, 3.8) is 0 Å². The van der Waals surface area contributed by atoms with E-state index in [1.165, 1.54) is 7.05 Å². The summed E-state index contributed by atoms with van der Waals surface area (Å²) >= 11 is 0. The Morgan fingerprint density at radius 2 is 2.17 bits per heavy atom. The first kappa shape index (κ1) is 9.08. The van der Waals surface area contributed by atoms with E-state index in [2.05, 4.69) is 9.71 Å². The zero-order valence-corrected chi connectivity index (χ0v) is 7.10. The lowest BCUT2D eigenvalue weighted by Gasteiger charge is -1.99. The highest BCUT2D eigenvalue weighted by molar-refractivity contribution is 7.89. The number of pyridine rings is 1. The summed E-state index contributed by atoms with van der Waals surface area (Å²) in [5.74, 6) is -0.675. The van der Waals surface area contributed by atoms with Gasteiger partial charge in [-0.15, -0.1) is 0 Å². The van der Waals surface area contributed by atoms with Crippen molar-refractivity contribution in [1.82, 2.24) is 9.71 Å². The third-order valence-electron chi connectivity index (χ3n) is 1.26. The number of halogens is 1. The second kappa shape index (κ2) is 3.16. The highest BCUT2D eigenvalue weighted by Gasteiger charge is 2.11. The molecular weight excluding hydrogens is 183 g/mol. The summed E-state index contributed by atoms with van der Waals surface area (Å²) in [6.45, 7) is 0. The van der Waals surface area contributed by atoms with Crippen LogP contribution in [-0.2, 0) is 10.0 Å². The minimum Gasteiger partial charge on any atom is -0.260 e. The van der Waals surface area contributed by atoms with Crippen LogP contribution >= 0.6 is 0 Å². The van der Waals surface area contributed by atoms with Crippen LogP contribution in [0.2, 0.25) is 0 Å². The predicted molar refractivity (Wildman–Crippen MR) is 40.4 cm³/mol. The number of rotatable bonds is 2. The van der Waals surface area contributed by atoms with Gasteiger partial charge in [0.15, 0.2) is 0 Å². The molecule has 66 valence electrons. The number of aromatic nitrogens is 1. The maximum Gasteiger partial charge on any atom is 0.241 e.